The topological polar surface area (TPSA) is 21.3 Å². The summed E-state index contributed by atoms with van der Waals surface area (Å²) in [7, 11) is 0. The molecule has 0 aliphatic carbocycles. The van der Waals surface area contributed by atoms with Crippen molar-refractivity contribution in [1.82, 2.24) is 5.32 Å². The maximum Gasteiger partial charge on any atom is 0.134 e. The molecule has 2 rings (SSSR count). The summed E-state index contributed by atoms with van der Waals surface area (Å²) >= 11 is 3.56. The van der Waals surface area contributed by atoms with Crippen molar-refractivity contribution in [3.8, 4) is 5.75 Å². The summed E-state index contributed by atoms with van der Waals surface area (Å²) in [5.74, 6) is 0.879. The quantitative estimate of drug-likeness (QED) is 0.864. The van der Waals surface area contributed by atoms with Crippen molar-refractivity contribution >= 4 is 15.9 Å². The molecule has 0 radical (unpaired) electrons. The summed E-state index contributed by atoms with van der Waals surface area (Å²) < 4.78 is 6.81. The van der Waals surface area contributed by atoms with Crippen LogP contribution < -0.4 is 10.1 Å². The van der Waals surface area contributed by atoms with Crippen LogP contribution in [0.15, 0.2) is 53.0 Å². The molecule has 0 bridgehead atoms. The van der Waals surface area contributed by atoms with Crippen LogP contribution in [-0.2, 0) is 13.2 Å². The number of hydrogen-bond acceptors (Lipinski definition) is 2. The molecule has 0 saturated heterocycles. The van der Waals surface area contributed by atoms with Gasteiger partial charge in [-0.2, -0.15) is 0 Å². The molecule has 0 fully saturated rings. The van der Waals surface area contributed by atoms with Crippen molar-refractivity contribution in [2.75, 3.05) is 6.54 Å². The highest BCUT2D eigenvalue weighted by atomic mass is 79.9. The van der Waals surface area contributed by atoms with E-state index in [1.54, 1.807) is 0 Å². The standard InChI is InChI=1S/C16H18BrNO/c1-2-18-11-14-8-9-16(15(17)10-14)19-12-13-6-4-3-5-7-13/h3-10,18H,2,11-12H2,1H3. The van der Waals surface area contributed by atoms with Gasteiger partial charge in [0.25, 0.3) is 0 Å². The van der Waals surface area contributed by atoms with Crippen LogP contribution >= 0.6 is 15.9 Å². The number of rotatable bonds is 6. The lowest BCUT2D eigenvalue weighted by Gasteiger charge is -2.10. The number of nitrogens with one attached hydrogen (secondary N) is 1. The molecule has 2 nitrogen and oxygen atoms in total. The Bertz CT molecular complexity index is 513. The van der Waals surface area contributed by atoms with Crippen LogP contribution in [0, 0.1) is 0 Å². The van der Waals surface area contributed by atoms with Gasteiger partial charge in [0.2, 0.25) is 0 Å². The van der Waals surface area contributed by atoms with Crippen LogP contribution in [0.5, 0.6) is 5.75 Å². The first-order valence-corrected chi connectivity index (χ1v) is 7.24. The molecule has 0 amide bonds. The van der Waals surface area contributed by atoms with Crippen LogP contribution in [0.1, 0.15) is 18.1 Å². The zero-order valence-electron chi connectivity index (χ0n) is 11.0. The van der Waals surface area contributed by atoms with E-state index in [9.17, 15) is 0 Å². The van der Waals surface area contributed by atoms with Crippen molar-refractivity contribution in [2.24, 2.45) is 0 Å². The van der Waals surface area contributed by atoms with Gasteiger partial charge in [-0.25, -0.2) is 0 Å². The van der Waals surface area contributed by atoms with E-state index in [1.807, 2.05) is 24.3 Å². The molecule has 3 heteroatoms. The highest BCUT2D eigenvalue weighted by Gasteiger charge is 2.03. The zero-order valence-corrected chi connectivity index (χ0v) is 12.6. The summed E-state index contributed by atoms with van der Waals surface area (Å²) in [6.07, 6.45) is 0. The molecule has 0 unspecified atom stereocenters. The molecule has 0 spiro atoms. The van der Waals surface area contributed by atoms with Gasteiger partial charge in [0.05, 0.1) is 4.47 Å². The first kappa shape index (κ1) is 14.1. The minimum absolute atomic E-state index is 0.589. The second-order valence-electron chi connectivity index (χ2n) is 4.32. The Morgan fingerprint density at radius 2 is 1.84 bits per heavy atom. The van der Waals surface area contributed by atoms with E-state index in [0.29, 0.717) is 6.61 Å². The van der Waals surface area contributed by atoms with Gasteiger partial charge in [0.1, 0.15) is 12.4 Å². The fourth-order valence-corrected chi connectivity index (χ4v) is 2.32. The van der Waals surface area contributed by atoms with Gasteiger partial charge in [-0.05, 0) is 45.7 Å². The molecule has 0 aliphatic heterocycles. The number of hydrogen-bond donors (Lipinski definition) is 1. The average Bonchev–Trinajstić information content (AvgIpc) is 2.45. The van der Waals surface area contributed by atoms with Crippen LogP contribution in [0.2, 0.25) is 0 Å². The second-order valence-corrected chi connectivity index (χ2v) is 5.17. The van der Waals surface area contributed by atoms with E-state index in [-0.39, 0.29) is 0 Å². The summed E-state index contributed by atoms with van der Waals surface area (Å²) in [5, 5.41) is 3.31. The van der Waals surface area contributed by atoms with E-state index in [1.165, 1.54) is 11.1 Å². The Morgan fingerprint density at radius 1 is 1.05 bits per heavy atom. The lowest BCUT2D eigenvalue weighted by Crippen LogP contribution is -2.11. The molecule has 2 aromatic rings. The Balaban J connectivity index is 1.97. The highest BCUT2D eigenvalue weighted by molar-refractivity contribution is 9.10. The van der Waals surface area contributed by atoms with Gasteiger partial charge in [-0.3, -0.25) is 0 Å². The zero-order chi connectivity index (χ0) is 13.5. The SMILES string of the molecule is CCNCc1ccc(OCc2ccccc2)c(Br)c1. The fraction of sp³-hybridized carbons (Fsp3) is 0.250. The molecule has 0 aliphatic rings. The lowest BCUT2D eigenvalue weighted by atomic mass is 10.2. The largest absolute Gasteiger partial charge is 0.488 e. The lowest BCUT2D eigenvalue weighted by molar-refractivity contribution is 0.304. The highest BCUT2D eigenvalue weighted by Crippen LogP contribution is 2.26. The van der Waals surface area contributed by atoms with Crippen molar-refractivity contribution in [3.05, 3.63) is 64.1 Å². The van der Waals surface area contributed by atoms with E-state index >= 15 is 0 Å². The normalized spacial score (nSPS) is 10.4. The predicted octanol–water partition coefficient (Wildman–Crippen LogP) is 4.14. The number of benzene rings is 2. The third-order valence-corrected chi connectivity index (χ3v) is 3.43. The molecule has 0 heterocycles. The third kappa shape index (κ3) is 4.37. The van der Waals surface area contributed by atoms with E-state index in [4.69, 9.17) is 4.74 Å². The molecular formula is C16H18BrNO. The number of ether oxygens (including phenoxy) is 1. The maximum atomic E-state index is 5.82. The van der Waals surface area contributed by atoms with Crippen molar-refractivity contribution < 1.29 is 4.74 Å². The van der Waals surface area contributed by atoms with Crippen molar-refractivity contribution in [2.45, 2.75) is 20.1 Å². The Hall–Kier alpha value is -1.32. The summed E-state index contributed by atoms with van der Waals surface area (Å²) in [5.41, 5.74) is 2.42. The molecular weight excluding hydrogens is 302 g/mol. The minimum atomic E-state index is 0.589. The maximum absolute atomic E-state index is 5.82. The van der Waals surface area contributed by atoms with Crippen LogP contribution in [0.25, 0.3) is 0 Å². The van der Waals surface area contributed by atoms with Crippen molar-refractivity contribution in [3.63, 3.8) is 0 Å². The van der Waals surface area contributed by atoms with Crippen LogP contribution in [0.3, 0.4) is 0 Å². The predicted molar refractivity (Wildman–Crippen MR) is 82.3 cm³/mol. The minimum Gasteiger partial charge on any atom is -0.488 e. The summed E-state index contributed by atoms with van der Waals surface area (Å²) in [6, 6.07) is 16.4. The first-order chi connectivity index (χ1) is 9.29. The Labute approximate surface area is 122 Å². The van der Waals surface area contributed by atoms with Crippen LogP contribution in [0.4, 0.5) is 0 Å². The monoisotopic (exact) mass is 319 g/mol. The van der Waals surface area contributed by atoms with E-state index in [2.05, 4.69) is 52.4 Å². The van der Waals surface area contributed by atoms with Gasteiger partial charge in [-0.15, -0.1) is 0 Å². The van der Waals surface area contributed by atoms with Gasteiger partial charge < -0.3 is 10.1 Å². The van der Waals surface area contributed by atoms with Gasteiger partial charge in [-0.1, -0.05) is 43.3 Å². The van der Waals surface area contributed by atoms with Crippen molar-refractivity contribution in [1.29, 1.82) is 0 Å². The number of halogens is 1. The van der Waals surface area contributed by atoms with Gasteiger partial charge in [0.15, 0.2) is 0 Å². The average molecular weight is 320 g/mol. The van der Waals surface area contributed by atoms with Gasteiger partial charge in [0, 0.05) is 6.54 Å². The summed E-state index contributed by atoms with van der Waals surface area (Å²) in [4.78, 5) is 0. The molecule has 100 valence electrons. The Kier molecular flexibility index (Phi) is 5.43. The molecule has 2 aromatic carbocycles. The van der Waals surface area contributed by atoms with E-state index in [0.717, 1.165) is 23.3 Å². The molecule has 0 atom stereocenters. The molecule has 0 aromatic heterocycles. The van der Waals surface area contributed by atoms with Gasteiger partial charge >= 0.3 is 0 Å². The van der Waals surface area contributed by atoms with E-state index < -0.39 is 0 Å². The molecule has 1 N–H and O–H groups in total. The summed E-state index contributed by atoms with van der Waals surface area (Å²) in [6.45, 7) is 4.55. The Morgan fingerprint density at radius 3 is 2.53 bits per heavy atom. The third-order valence-electron chi connectivity index (χ3n) is 2.81. The first-order valence-electron chi connectivity index (χ1n) is 6.45. The molecule has 19 heavy (non-hydrogen) atoms. The van der Waals surface area contributed by atoms with Crippen LogP contribution in [-0.4, -0.2) is 6.54 Å². The second kappa shape index (κ2) is 7.31. The smallest absolute Gasteiger partial charge is 0.134 e. The molecule has 0 saturated carbocycles. The fourth-order valence-electron chi connectivity index (χ4n) is 1.78.